The second-order valence-electron chi connectivity index (χ2n) is 7.30. The molecule has 154 valence electrons. The average molecular weight is 421 g/mol. The molecule has 1 fully saturated rings. The molecular formula is C23H24N4O2S. The number of benzene rings is 2. The van der Waals surface area contributed by atoms with Crippen LogP contribution in [0.4, 0.5) is 10.8 Å². The number of hydrogen-bond acceptors (Lipinski definition) is 5. The van der Waals surface area contributed by atoms with Crippen LogP contribution in [0.5, 0.6) is 0 Å². The quantitative estimate of drug-likeness (QED) is 0.691. The van der Waals surface area contributed by atoms with Crippen molar-refractivity contribution in [3.8, 4) is 0 Å². The molecule has 0 spiro atoms. The first-order valence-corrected chi connectivity index (χ1v) is 10.9. The van der Waals surface area contributed by atoms with Crippen LogP contribution in [-0.4, -0.2) is 47.9 Å². The summed E-state index contributed by atoms with van der Waals surface area (Å²) in [7, 11) is 0. The predicted octanol–water partition coefficient (Wildman–Crippen LogP) is 4.06. The first-order valence-electron chi connectivity index (χ1n) is 10.0. The van der Waals surface area contributed by atoms with Crippen LogP contribution >= 0.6 is 11.3 Å². The Morgan fingerprint density at radius 2 is 1.70 bits per heavy atom. The molecule has 3 aromatic rings. The molecular weight excluding hydrogens is 396 g/mol. The third-order valence-electron chi connectivity index (χ3n) is 5.09. The minimum absolute atomic E-state index is 0.0214. The topological polar surface area (TPSA) is 65.5 Å². The van der Waals surface area contributed by atoms with Gasteiger partial charge in [0.2, 0.25) is 0 Å². The van der Waals surface area contributed by atoms with Crippen LogP contribution in [0, 0.1) is 6.92 Å². The summed E-state index contributed by atoms with van der Waals surface area (Å²) >= 11 is 1.65. The van der Waals surface area contributed by atoms with Gasteiger partial charge in [0.15, 0.2) is 5.13 Å². The van der Waals surface area contributed by atoms with E-state index in [1.165, 1.54) is 0 Å². The van der Waals surface area contributed by atoms with Crippen LogP contribution in [0.15, 0.2) is 60.0 Å². The maximum atomic E-state index is 13.0. The zero-order valence-electron chi connectivity index (χ0n) is 16.9. The molecule has 1 saturated heterocycles. The number of amides is 2. The van der Waals surface area contributed by atoms with Crippen LogP contribution in [0.25, 0.3) is 0 Å². The molecule has 4 rings (SSSR count). The normalized spacial score (nSPS) is 14.3. The van der Waals surface area contributed by atoms with Gasteiger partial charge in [-0.3, -0.25) is 9.59 Å². The summed E-state index contributed by atoms with van der Waals surface area (Å²) in [5.41, 5.74) is 2.93. The molecule has 1 N–H and O–H groups in total. The Balaban J connectivity index is 1.37. The van der Waals surface area contributed by atoms with Gasteiger partial charge in [-0.25, -0.2) is 4.98 Å². The summed E-state index contributed by atoms with van der Waals surface area (Å²) in [6.45, 7) is 5.08. The van der Waals surface area contributed by atoms with Crippen LogP contribution in [0.1, 0.15) is 32.8 Å². The molecule has 0 bridgehead atoms. The molecule has 30 heavy (non-hydrogen) atoms. The minimum atomic E-state index is -0.167. The fraction of sp³-hybridized carbons (Fsp3) is 0.261. The van der Waals surface area contributed by atoms with Gasteiger partial charge in [0.1, 0.15) is 0 Å². The predicted molar refractivity (Wildman–Crippen MR) is 120 cm³/mol. The Hall–Kier alpha value is -3.19. The maximum absolute atomic E-state index is 13.0. The summed E-state index contributed by atoms with van der Waals surface area (Å²) in [5, 5.41) is 5.95. The molecule has 2 heterocycles. The van der Waals surface area contributed by atoms with Crippen molar-refractivity contribution in [3.05, 3.63) is 76.8 Å². The second-order valence-corrected chi connectivity index (χ2v) is 8.14. The highest BCUT2D eigenvalue weighted by Crippen LogP contribution is 2.22. The summed E-state index contributed by atoms with van der Waals surface area (Å²) in [6, 6.07) is 16.2. The van der Waals surface area contributed by atoms with Crippen LogP contribution in [0.3, 0.4) is 0 Å². The lowest BCUT2D eigenvalue weighted by molar-refractivity contribution is 0.0767. The van der Waals surface area contributed by atoms with E-state index in [9.17, 15) is 9.59 Å². The Kier molecular flexibility index (Phi) is 6.09. The number of nitrogens with one attached hydrogen (secondary N) is 1. The van der Waals surface area contributed by atoms with Crippen molar-refractivity contribution in [1.29, 1.82) is 0 Å². The van der Waals surface area contributed by atoms with Gasteiger partial charge in [-0.2, -0.15) is 0 Å². The van der Waals surface area contributed by atoms with E-state index >= 15 is 0 Å². The van der Waals surface area contributed by atoms with Gasteiger partial charge in [-0.1, -0.05) is 18.2 Å². The van der Waals surface area contributed by atoms with Crippen molar-refractivity contribution in [2.45, 2.75) is 13.3 Å². The van der Waals surface area contributed by atoms with Crippen LogP contribution < -0.4 is 10.2 Å². The molecule has 2 aromatic carbocycles. The number of carbonyl (C=O) groups excluding carboxylic acids is 2. The maximum Gasteiger partial charge on any atom is 0.255 e. The van der Waals surface area contributed by atoms with Crippen molar-refractivity contribution < 1.29 is 9.59 Å². The molecule has 1 aromatic heterocycles. The van der Waals surface area contributed by atoms with Crippen molar-refractivity contribution >= 4 is 34.0 Å². The summed E-state index contributed by atoms with van der Waals surface area (Å²) in [4.78, 5) is 34.0. The number of thiazole rings is 1. The van der Waals surface area contributed by atoms with Crippen molar-refractivity contribution in [1.82, 2.24) is 9.88 Å². The van der Waals surface area contributed by atoms with Gasteiger partial charge in [-0.05, 0) is 49.7 Å². The van der Waals surface area contributed by atoms with E-state index in [-0.39, 0.29) is 11.8 Å². The number of hydrogen-bond donors (Lipinski definition) is 1. The molecule has 7 heteroatoms. The number of aromatic nitrogens is 1. The van der Waals surface area contributed by atoms with Crippen molar-refractivity contribution in [2.75, 3.05) is 36.4 Å². The molecule has 0 saturated carbocycles. The molecule has 2 amide bonds. The number of rotatable bonds is 4. The lowest BCUT2D eigenvalue weighted by Crippen LogP contribution is -2.35. The highest BCUT2D eigenvalue weighted by atomic mass is 32.1. The zero-order valence-corrected chi connectivity index (χ0v) is 17.7. The summed E-state index contributed by atoms with van der Waals surface area (Å²) in [5.74, 6) is -0.146. The van der Waals surface area contributed by atoms with Gasteiger partial charge in [0.25, 0.3) is 11.8 Å². The van der Waals surface area contributed by atoms with Crippen LogP contribution in [-0.2, 0) is 0 Å². The Morgan fingerprint density at radius 1 is 0.933 bits per heavy atom. The van der Waals surface area contributed by atoms with Crippen LogP contribution in [0.2, 0.25) is 0 Å². The lowest BCUT2D eigenvalue weighted by Gasteiger charge is -2.22. The van der Waals surface area contributed by atoms with Gasteiger partial charge >= 0.3 is 0 Å². The number of nitrogens with zero attached hydrogens (tertiary/aromatic N) is 3. The molecule has 1 aliphatic heterocycles. The van der Waals surface area contributed by atoms with Gasteiger partial charge in [0.05, 0.1) is 5.69 Å². The third-order valence-corrected chi connectivity index (χ3v) is 6.11. The first kappa shape index (κ1) is 20.1. The minimum Gasteiger partial charge on any atom is -0.346 e. The highest BCUT2D eigenvalue weighted by molar-refractivity contribution is 7.13. The fourth-order valence-corrected chi connectivity index (χ4v) is 4.33. The van der Waals surface area contributed by atoms with Gasteiger partial charge in [-0.15, -0.1) is 11.3 Å². The number of aryl methyl sites for hydroxylation is 1. The SMILES string of the molecule is Cc1csc(N2CCCN(C(=O)c3ccc(NC(=O)c4ccccc4)cc3)CC2)n1. The fourth-order valence-electron chi connectivity index (χ4n) is 3.47. The molecule has 0 radical (unpaired) electrons. The van der Waals surface area contributed by atoms with E-state index in [0.717, 1.165) is 36.9 Å². The Morgan fingerprint density at radius 3 is 2.40 bits per heavy atom. The molecule has 0 aliphatic carbocycles. The number of carbonyl (C=O) groups is 2. The Bertz CT molecular complexity index is 1020. The summed E-state index contributed by atoms with van der Waals surface area (Å²) in [6.07, 6.45) is 0.912. The van der Waals surface area contributed by atoms with E-state index < -0.39 is 0 Å². The monoisotopic (exact) mass is 420 g/mol. The zero-order chi connectivity index (χ0) is 20.9. The van der Waals surface area contributed by atoms with E-state index in [0.29, 0.717) is 23.4 Å². The van der Waals surface area contributed by atoms with E-state index in [4.69, 9.17) is 0 Å². The smallest absolute Gasteiger partial charge is 0.255 e. The van der Waals surface area contributed by atoms with Crippen molar-refractivity contribution in [2.24, 2.45) is 0 Å². The van der Waals surface area contributed by atoms with Gasteiger partial charge < -0.3 is 15.1 Å². The second kappa shape index (κ2) is 9.09. The van der Waals surface area contributed by atoms with Gasteiger partial charge in [0, 0.05) is 48.4 Å². The van der Waals surface area contributed by atoms with E-state index in [2.05, 4.69) is 20.6 Å². The highest BCUT2D eigenvalue weighted by Gasteiger charge is 2.21. The standard InChI is InChI=1S/C23H24N4O2S/c1-17-16-30-23(24-17)27-13-5-12-26(14-15-27)22(29)19-8-10-20(11-9-19)25-21(28)18-6-3-2-4-7-18/h2-4,6-11,16H,5,12-15H2,1H3,(H,25,28). The van der Waals surface area contributed by atoms with E-state index in [1.807, 2.05) is 30.0 Å². The largest absolute Gasteiger partial charge is 0.346 e. The molecule has 0 atom stereocenters. The molecule has 1 aliphatic rings. The Labute approximate surface area is 180 Å². The number of anilines is 2. The molecule has 0 unspecified atom stereocenters. The average Bonchev–Trinajstić information content (AvgIpc) is 3.06. The molecule has 6 nitrogen and oxygen atoms in total. The summed E-state index contributed by atoms with van der Waals surface area (Å²) < 4.78 is 0. The lowest BCUT2D eigenvalue weighted by atomic mass is 10.1. The van der Waals surface area contributed by atoms with Crippen molar-refractivity contribution in [3.63, 3.8) is 0 Å². The van der Waals surface area contributed by atoms with E-state index in [1.54, 1.807) is 47.7 Å². The third kappa shape index (κ3) is 4.68. The first-order chi connectivity index (χ1) is 14.6.